The molecule has 2 atom stereocenters. The lowest BCUT2D eigenvalue weighted by atomic mass is 9.93. The lowest BCUT2D eigenvalue weighted by Gasteiger charge is -2.21. The van der Waals surface area contributed by atoms with Crippen LogP contribution in [0.5, 0.6) is 0 Å². The van der Waals surface area contributed by atoms with Crippen molar-refractivity contribution < 1.29 is 0 Å². The zero-order valence-electron chi connectivity index (χ0n) is 11.7. The molecular weight excluding hydrogens is 298 g/mol. The van der Waals surface area contributed by atoms with E-state index in [1.54, 1.807) is 0 Å². The fourth-order valence-corrected chi connectivity index (χ4v) is 3.69. The summed E-state index contributed by atoms with van der Waals surface area (Å²) in [6, 6.07) is 13.5. The number of fused-ring (bicyclic) bond motifs is 1. The molecule has 3 rings (SSSR count). The third-order valence-corrected chi connectivity index (χ3v) is 5.23. The van der Waals surface area contributed by atoms with Gasteiger partial charge in [0.25, 0.3) is 0 Å². The Morgan fingerprint density at radius 1 is 1.16 bits per heavy atom. The van der Waals surface area contributed by atoms with Crippen LogP contribution in [0.3, 0.4) is 0 Å². The van der Waals surface area contributed by atoms with E-state index in [4.69, 9.17) is 0 Å². The average molecular weight is 318 g/mol. The molecule has 2 aromatic rings. The van der Waals surface area contributed by atoms with Gasteiger partial charge >= 0.3 is 0 Å². The fourth-order valence-electron chi connectivity index (χ4n) is 3.21. The van der Waals surface area contributed by atoms with Gasteiger partial charge in [-0.3, -0.25) is 0 Å². The molecule has 0 spiro atoms. The van der Waals surface area contributed by atoms with Crippen molar-refractivity contribution in [2.75, 3.05) is 7.05 Å². The lowest BCUT2D eigenvalue weighted by molar-refractivity contribution is 0.443. The molecule has 1 fully saturated rings. The zero-order valence-corrected chi connectivity index (χ0v) is 13.3. The van der Waals surface area contributed by atoms with Crippen molar-refractivity contribution in [3.05, 3.63) is 46.4 Å². The van der Waals surface area contributed by atoms with E-state index in [0.29, 0.717) is 11.5 Å². The summed E-state index contributed by atoms with van der Waals surface area (Å²) in [5.41, 5.74) is 1.90. The first-order chi connectivity index (χ1) is 9.04. The van der Waals surface area contributed by atoms with Gasteiger partial charge in [-0.2, -0.15) is 0 Å². The highest BCUT2D eigenvalue weighted by Crippen LogP contribution is 2.58. The number of hydrogen-bond donors (Lipinski definition) is 1. The van der Waals surface area contributed by atoms with Crippen LogP contribution in [0.2, 0.25) is 0 Å². The smallest absolute Gasteiger partial charge is 0.0357 e. The molecule has 0 saturated heterocycles. The van der Waals surface area contributed by atoms with Gasteiger partial charge in [-0.1, -0.05) is 60.1 Å². The summed E-state index contributed by atoms with van der Waals surface area (Å²) in [6.07, 6.45) is 1.31. The molecule has 1 saturated carbocycles. The minimum atomic E-state index is 0.452. The molecule has 0 amide bonds. The molecule has 0 bridgehead atoms. The Balaban J connectivity index is 2.12. The maximum absolute atomic E-state index is 3.66. The van der Waals surface area contributed by atoms with Gasteiger partial charge in [0, 0.05) is 10.5 Å². The van der Waals surface area contributed by atoms with E-state index < -0.39 is 0 Å². The van der Waals surface area contributed by atoms with Crippen molar-refractivity contribution >= 4 is 26.7 Å². The van der Waals surface area contributed by atoms with E-state index in [-0.39, 0.29) is 0 Å². The van der Waals surface area contributed by atoms with E-state index in [2.05, 4.69) is 78.5 Å². The van der Waals surface area contributed by atoms with Crippen molar-refractivity contribution in [3.8, 4) is 0 Å². The van der Waals surface area contributed by atoms with Gasteiger partial charge in [-0.05, 0) is 47.2 Å². The first-order valence-corrected chi connectivity index (χ1v) is 7.68. The van der Waals surface area contributed by atoms with E-state index in [1.165, 1.54) is 27.2 Å². The van der Waals surface area contributed by atoms with Crippen LogP contribution in [0, 0.1) is 11.3 Å². The summed E-state index contributed by atoms with van der Waals surface area (Å²) >= 11 is 3.66. The standard InChI is InChI=1S/C17H20BrN/c1-17(2)10-14(17)16(19-3)13-8-9-15(18)12-7-5-4-6-11(12)13/h4-9,14,16,19H,10H2,1-3H3. The summed E-state index contributed by atoms with van der Waals surface area (Å²) in [6.45, 7) is 4.73. The molecule has 19 heavy (non-hydrogen) atoms. The fraction of sp³-hybridized carbons (Fsp3) is 0.412. The van der Waals surface area contributed by atoms with Crippen LogP contribution >= 0.6 is 15.9 Å². The second-order valence-electron chi connectivity index (χ2n) is 6.25. The predicted molar refractivity (Wildman–Crippen MR) is 85.3 cm³/mol. The van der Waals surface area contributed by atoms with Crippen LogP contribution in [0.15, 0.2) is 40.9 Å². The molecule has 100 valence electrons. The number of nitrogens with one attached hydrogen (secondary N) is 1. The monoisotopic (exact) mass is 317 g/mol. The topological polar surface area (TPSA) is 12.0 Å². The highest BCUT2D eigenvalue weighted by molar-refractivity contribution is 9.10. The number of halogens is 1. The molecule has 1 aliphatic rings. The normalized spacial score (nSPS) is 22.4. The van der Waals surface area contributed by atoms with Crippen LogP contribution in [0.25, 0.3) is 10.8 Å². The van der Waals surface area contributed by atoms with E-state index in [0.717, 1.165) is 5.92 Å². The highest BCUT2D eigenvalue weighted by atomic mass is 79.9. The Labute approximate surface area is 123 Å². The molecule has 1 aliphatic carbocycles. The van der Waals surface area contributed by atoms with Gasteiger partial charge in [-0.25, -0.2) is 0 Å². The summed E-state index contributed by atoms with van der Waals surface area (Å²) < 4.78 is 1.18. The Morgan fingerprint density at radius 2 is 1.79 bits per heavy atom. The van der Waals surface area contributed by atoms with Gasteiger partial charge in [0.2, 0.25) is 0 Å². The summed E-state index contributed by atoms with van der Waals surface area (Å²) in [7, 11) is 2.08. The lowest BCUT2D eigenvalue weighted by Crippen LogP contribution is -2.20. The molecule has 2 heteroatoms. The third kappa shape index (κ3) is 2.21. The molecule has 2 unspecified atom stereocenters. The first-order valence-electron chi connectivity index (χ1n) is 6.89. The van der Waals surface area contributed by atoms with Crippen LogP contribution in [-0.4, -0.2) is 7.05 Å². The van der Waals surface area contributed by atoms with E-state index >= 15 is 0 Å². The van der Waals surface area contributed by atoms with Crippen molar-refractivity contribution in [2.45, 2.75) is 26.3 Å². The van der Waals surface area contributed by atoms with Crippen molar-refractivity contribution in [1.82, 2.24) is 5.32 Å². The average Bonchev–Trinajstić information content (AvgIpc) is 3.02. The Hall–Kier alpha value is -0.860. The molecule has 0 aromatic heterocycles. The SMILES string of the molecule is CNC(c1ccc(Br)c2ccccc12)C1CC1(C)C. The summed E-state index contributed by atoms with van der Waals surface area (Å²) in [4.78, 5) is 0. The maximum Gasteiger partial charge on any atom is 0.0357 e. The maximum atomic E-state index is 3.66. The minimum absolute atomic E-state index is 0.452. The van der Waals surface area contributed by atoms with Gasteiger partial charge in [-0.15, -0.1) is 0 Å². The largest absolute Gasteiger partial charge is 0.313 e. The second kappa shape index (κ2) is 4.60. The molecule has 0 radical (unpaired) electrons. The van der Waals surface area contributed by atoms with Crippen molar-refractivity contribution in [2.24, 2.45) is 11.3 Å². The summed E-state index contributed by atoms with van der Waals surface area (Å²) in [5, 5.41) is 6.20. The quantitative estimate of drug-likeness (QED) is 0.848. The predicted octanol–water partition coefficient (Wildman–Crippen LogP) is 4.91. The van der Waals surface area contributed by atoms with Crippen LogP contribution in [0.4, 0.5) is 0 Å². The number of rotatable bonds is 3. The van der Waals surface area contributed by atoms with Crippen LogP contribution < -0.4 is 5.32 Å². The second-order valence-corrected chi connectivity index (χ2v) is 7.10. The minimum Gasteiger partial charge on any atom is -0.313 e. The third-order valence-electron chi connectivity index (χ3n) is 4.54. The number of hydrogen-bond acceptors (Lipinski definition) is 1. The van der Waals surface area contributed by atoms with Crippen LogP contribution in [-0.2, 0) is 0 Å². The Bertz CT molecular complexity index is 618. The summed E-state index contributed by atoms with van der Waals surface area (Å²) in [5.74, 6) is 0.738. The van der Waals surface area contributed by atoms with Crippen molar-refractivity contribution in [3.63, 3.8) is 0 Å². The molecule has 0 aliphatic heterocycles. The molecule has 0 heterocycles. The molecular formula is C17H20BrN. The molecule has 1 nitrogen and oxygen atoms in total. The van der Waals surface area contributed by atoms with Crippen molar-refractivity contribution in [1.29, 1.82) is 0 Å². The highest BCUT2D eigenvalue weighted by Gasteiger charge is 2.50. The Kier molecular flexibility index (Phi) is 3.18. The van der Waals surface area contributed by atoms with E-state index in [9.17, 15) is 0 Å². The van der Waals surface area contributed by atoms with Crippen LogP contribution in [0.1, 0.15) is 31.9 Å². The van der Waals surface area contributed by atoms with Gasteiger partial charge in [0.15, 0.2) is 0 Å². The van der Waals surface area contributed by atoms with Gasteiger partial charge in [0.1, 0.15) is 0 Å². The molecule has 2 aromatic carbocycles. The first kappa shape index (κ1) is 13.1. The van der Waals surface area contributed by atoms with E-state index in [1.807, 2.05) is 0 Å². The van der Waals surface area contributed by atoms with Gasteiger partial charge < -0.3 is 5.32 Å². The Morgan fingerprint density at radius 3 is 2.37 bits per heavy atom. The number of benzene rings is 2. The zero-order chi connectivity index (χ0) is 13.6. The van der Waals surface area contributed by atoms with Gasteiger partial charge in [0.05, 0.1) is 0 Å². The molecule has 1 N–H and O–H groups in total.